The first-order chi connectivity index (χ1) is 10.4. The van der Waals surface area contributed by atoms with Crippen LogP contribution in [0, 0.1) is 10.1 Å². The number of ether oxygens (including phenoxy) is 1. The number of benzene rings is 1. The van der Waals surface area contributed by atoms with Gasteiger partial charge in [-0.25, -0.2) is 13.1 Å². The number of non-ortho nitro benzene ring substituents is 1. The molecule has 0 amide bonds. The minimum Gasteiger partial charge on any atom is -0.375 e. The van der Waals surface area contributed by atoms with Crippen LogP contribution in [-0.2, 0) is 14.8 Å². The average molecular weight is 342 g/mol. The number of nitro groups is 1. The molecule has 0 spiro atoms. The molecule has 0 bridgehead atoms. The van der Waals surface area contributed by atoms with Gasteiger partial charge in [0.2, 0.25) is 10.0 Å². The molecule has 118 valence electrons. The molecule has 7 nitrogen and oxygen atoms in total. The van der Waals surface area contributed by atoms with Gasteiger partial charge in [-0.2, -0.15) is 11.3 Å². The molecular formula is C13H14N2O5S2. The van der Waals surface area contributed by atoms with Crippen LogP contribution in [-0.4, -0.2) is 27.0 Å². The summed E-state index contributed by atoms with van der Waals surface area (Å²) in [6, 6.07) is 6.57. The third-order valence-electron chi connectivity index (χ3n) is 3.02. The number of thiophene rings is 1. The zero-order valence-electron chi connectivity index (χ0n) is 11.6. The first-order valence-electron chi connectivity index (χ1n) is 6.23. The molecule has 1 heterocycles. The highest BCUT2D eigenvalue weighted by molar-refractivity contribution is 7.89. The number of methoxy groups -OCH3 is 1. The van der Waals surface area contributed by atoms with Crippen molar-refractivity contribution in [2.24, 2.45) is 0 Å². The Hall–Kier alpha value is -1.81. The number of sulfonamides is 1. The minimum atomic E-state index is -3.75. The molecular weight excluding hydrogens is 328 g/mol. The number of hydrogen-bond acceptors (Lipinski definition) is 6. The van der Waals surface area contributed by atoms with E-state index in [0.717, 1.165) is 17.7 Å². The van der Waals surface area contributed by atoms with Gasteiger partial charge in [-0.1, -0.05) is 0 Å². The quantitative estimate of drug-likeness (QED) is 0.615. The molecule has 0 saturated carbocycles. The third kappa shape index (κ3) is 3.89. The molecule has 0 radical (unpaired) electrons. The zero-order chi connectivity index (χ0) is 16.2. The van der Waals surface area contributed by atoms with E-state index in [4.69, 9.17) is 4.74 Å². The smallest absolute Gasteiger partial charge is 0.269 e. The second kappa shape index (κ2) is 6.97. The Morgan fingerprint density at radius 2 is 2.00 bits per heavy atom. The predicted octanol–water partition coefficient (Wildman–Crippen LogP) is 2.32. The SMILES string of the molecule is COC(CNS(=O)(=O)c1ccc([N+](=O)[O-])cc1)c1ccsc1. The molecule has 2 aromatic rings. The monoisotopic (exact) mass is 342 g/mol. The van der Waals surface area contributed by atoms with Gasteiger partial charge in [-0.3, -0.25) is 10.1 Å². The van der Waals surface area contributed by atoms with Gasteiger partial charge in [-0.05, 0) is 34.5 Å². The average Bonchev–Trinajstić information content (AvgIpc) is 3.02. The van der Waals surface area contributed by atoms with Crippen LogP contribution in [0.3, 0.4) is 0 Å². The highest BCUT2D eigenvalue weighted by Crippen LogP contribution is 2.20. The molecule has 0 aliphatic heterocycles. The van der Waals surface area contributed by atoms with Crippen molar-refractivity contribution in [2.75, 3.05) is 13.7 Å². The molecule has 0 fully saturated rings. The van der Waals surface area contributed by atoms with Crippen LogP contribution in [0.4, 0.5) is 5.69 Å². The first kappa shape index (κ1) is 16.6. The molecule has 2 rings (SSSR count). The lowest BCUT2D eigenvalue weighted by Gasteiger charge is -2.15. The maximum absolute atomic E-state index is 12.2. The summed E-state index contributed by atoms with van der Waals surface area (Å²) in [5, 5.41) is 14.3. The lowest BCUT2D eigenvalue weighted by molar-refractivity contribution is -0.384. The first-order valence-corrected chi connectivity index (χ1v) is 8.65. The maximum atomic E-state index is 12.2. The molecule has 1 unspecified atom stereocenters. The van der Waals surface area contributed by atoms with Gasteiger partial charge < -0.3 is 4.74 Å². The van der Waals surface area contributed by atoms with E-state index in [9.17, 15) is 18.5 Å². The van der Waals surface area contributed by atoms with Gasteiger partial charge in [0.15, 0.2) is 0 Å². The Bertz CT molecular complexity index is 726. The van der Waals surface area contributed by atoms with E-state index in [1.54, 1.807) is 0 Å². The Morgan fingerprint density at radius 1 is 1.32 bits per heavy atom. The fourth-order valence-corrected chi connectivity index (χ4v) is 3.54. The van der Waals surface area contributed by atoms with Crippen LogP contribution < -0.4 is 4.72 Å². The third-order valence-corrected chi connectivity index (χ3v) is 5.16. The largest absolute Gasteiger partial charge is 0.375 e. The summed E-state index contributed by atoms with van der Waals surface area (Å²) < 4.78 is 32.1. The number of nitrogens with one attached hydrogen (secondary N) is 1. The number of hydrogen-bond donors (Lipinski definition) is 1. The molecule has 1 aromatic carbocycles. The molecule has 0 aliphatic carbocycles. The van der Waals surface area contributed by atoms with Crippen LogP contribution in [0.2, 0.25) is 0 Å². The summed E-state index contributed by atoms with van der Waals surface area (Å²) in [5.74, 6) is 0. The van der Waals surface area contributed by atoms with Crippen LogP contribution >= 0.6 is 11.3 Å². The number of nitrogens with zero attached hydrogens (tertiary/aromatic N) is 1. The molecule has 1 atom stereocenters. The van der Waals surface area contributed by atoms with Gasteiger partial charge in [0, 0.05) is 25.8 Å². The maximum Gasteiger partial charge on any atom is 0.269 e. The van der Waals surface area contributed by atoms with Crippen LogP contribution in [0.5, 0.6) is 0 Å². The van der Waals surface area contributed by atoms with E-state index in [2.05, 4.69) is 4.72 Å². The van der Waals surface area contributed by atoms with Gasteiger partial charge in [0.1, 0.15) is 0 Å². The van der Waals surface area contributed by atoms with Gasteiger partial charge >= 0.3 is 0 Å². The van der Waals surface area contributed by atoms with Crippen molar-refractivity contribution in [3.8, 4) is 0 Å². The van der Waals surface area contributed by atoms with E-state index in [1.165, 1.54) is 30.6 Å². The predicted molar refractivity (Wildman–Crippen MR) is 82.4 cm³/mol. The Morgan fingerprint density at radius 3 is 2.50 bits per heavy atom. The summed E-state index contributed by atoms with van der Waals surface area (Å²) in [5.41, 5.74) is 0.728. The Balaban J connectivity index is 2.09. The number of nitro benzene ring substituents is 1. The van der Waals surface area contributed by atoms with E-state index < -0.39 is 14.9 Å². The molecule has 0 aliphatic rings. The second-order valence-corrected chi connectivity index (χ2v) is 6.93. The van der Waals surface area contributed by atoms with Gasteiger partial charge in [0.25, 0.3) is 5.69 Å². The lowest BCUT2D eigenvalue weighted by Crippen LogP contribution is -2.29. The summed E-state index contributed by atoms with van der Waals surface area (Å²) in [6.07, 6.45) is -0.390. The summed E-state index contributed by atoms with van der Waals surface area (Å²) in [6.45, 7) is 0.0759. The molecule has 0 saturated heterocycles. The molecule has 22 heavy (non-hydrogen) atoms. The van der Waals surface area contributed by atoms with Crippen LogP contribution in [0.25, 0.3) is 0 Å². The Kier molecular flexibility index (Phi) is 5.24. The fourth-order valence-electron chi connectivity index (χ4n) is 1.81. The molecule has 1 N–H and O–H groups in total. The molecule has 1 aromatic heterocycles. The van der Waals surface area contributed by atoms with Crippen molar-refractivity contribution < 1.29 is 18.1 Å². The minimum absolute atomic E-state index is 0.0294. The van der Waals surface area contributed by atoms with E-state index in [1.807, 2.05) is 16.8 Å². The van der Waals surface area contributed by atoms with Crippen molar-refractivity contribution in [3.63, 3.8) is 0 Å². The Labute approximate surface area is 131 Å². The van der Waals surface area contributed by atoms with E-state index >= 15 is 0 Å². The zero-order valence-corrected chi connectivity index (χ0v) is 13.3. The van der Waals surface area contributed by atoms with Gasteiger partial charge in [0.05, 0.1) is 15.9 Å². The van der Waals surface area contributed by atoms with Gasteiger partial charge in [-0.15, -0.1) is 0 Å². The van der Waals surface area contributed by atoms with Crippen molar-refractivity contribution in [3.05, 3.63) is 56.8 Å². The highest BCUT2D eigenvalue weighted by Gasteiger charge is 2.19. The van der Waals surface area contributed by atoms with Crippen molar-refractivity contribution in [2.45, 2.75) is 11.0 Å². The van der Waals surface area contributed by atoms with Crippen LogP contribution in [0.1, 0.15) is 11.7 Å². The van der Waals surface area contributed by atoms with Crippen molar-refractivity contribution >= 4 is 27.0 Å². The fraction of sp³-hybridized carbons (Fsp3) is 0.231. The topological polar surface area (TPSA) is 98.5 Å². The second-order valence-electron chi connectivity index (χ2n) is 4.38. The summed E-state index contributed by atoms with van der Waals surface area (Å²) >= 11 is 1.50. The van der Waals surface area contributed by atoms with E-state index in [-0.39, 0.29) is 23.2 Å². The van der Waals surface area contributed by atoms with Crippen molar-refractivity contribution in [1.82, 2.24) is 4.72 Å². The summed E-state index contributed by atoms with van der Waals surface area (Å²) in [7, 11) is -2.25. The van der Waals surface area contributed by atoms with Crippen molar-refractivity contribution in [1.29, 1.82) is 0 Å². The highest BCUT2D eigenvalue weighted by atomic mass is 32.2. The molecule has 9 heteroatoms. The normalized spacial score (nSPS) is 13.0. The number of rotatable bonds is 7. The summed E-state index contributed by atoms with van der Waals surface area (Å²) in [4.78, 5) is 9.96. The lowest BCUT2D eigenvalue weighted by atomic mass is 10.2. The van der Waals surface area contributed by atoms with Crippen LogP contribution in [0.15, 0.2) is 46.0 Å². The standard InChI is InChI=1S/C13H14N2O5S2/c1-20-13(10-6-7-21-9-10)8-14-22(18,19)12-4-2-11(3-5-12)15(16)17/h2-7,9,13-14H,8H2,1H3. The van der Waals surface area contributed by atoms with E-state index in [0.29, 0.717) is 0 Å².